The van der Waals surface area contributed by atoms with E-state index < -0.39 is 0 Å². The molecule has 2 nitrogen and oxygen atoms in total. The molecule has 1 aromatic rings. The van der Waals surface area contributed by atoms with Gasteiger partial charge in [0.2, 0.25) is 0 Å². The van der Waals surface area contributed by atoms with E-state index >= 15 is 0 Å². The summed E-state index contributed by atoms with van der Waals surface area (Å²) in [5.41, 5.74) is 1.33. The Kier molecular flexibility index (Phi) is 1.28. The van der Waals surface area contributed by atoms with E-state index in [4.69, 9.17) is 7.85 Å². The minimum absolute atomic E-state index is 0.477. The molecule has 2 radical (unpaired) electrons. The smallest absolute Gasteiger partial charge is 0.143 e. The quantitative estimate of drug-likeness (QED) is 0.417. The molecular weight excluding hydrogens is 98.9 g/mol. The first-order valence-corrected chi connectivity index (χ1v) is 2.33. The van der Waals surface area contributed by atoms with Crippen LogP contribution in [0.4, 0.5) is 0 Å². The van der Waals surface area contributed by atoms with Crippen LogP contribution < -0.4 is 5.59 Å². The molecule has 0 atom stereocenters. The van der Waals surface area contributed by atoms with Crippen molar-refractivity contribution < 1.29 is 0 Å². The molecule has 0 fully saturated rings. The fourth-order valence-electron chi connectivity index (χ4n) is 0.483. The van der Waals surface area contributed by atoms with Crippen molar-refractivity contribution in [2.24, 2.45) is 0 Å². The number of hydrogen-bond acceptors (Lipinski definition) is 2. The van der Waals surface area contributed by atoms with Crippen LogP contribution in [0, 0.1) is 6.92 Å². The van der Waals surface area contributed by atoms with Crippen LogP contribution in [0.15, 0.2) is 12.4 Å². The summed E-state index contributed by atoms with van der Waals surface area (Å²) in [5, 5.41) is 0. The summed E-state index contributed by atoms with van der Waals surface area (Å²) in [7, 11) is 5.28. The Hall–Kier alpha value is -0.855. The van der Waals surface area contributed by atoms with Gasteiger partial charge in [-0.05, 0) is 6.92 Å². The maximum Gasteiger partial charge on any atom is 0.143 e. The van der Waals surface area contributed by atoms with Crippen molar-refractivity contribution in [3.63, 3.8) is 0 Å². The minimum Gasteiger partial charge on any atom is -0.267 e. The molecule has 0 saturated heterocycles. The molecule has 0 aromatic carbocycles. The molecule has 1 heterocycles. The van der Waals surface area contributed by atoms with Gasteiger partial charge in [0.25, 0.3) is 0 Å². The molecule has 0 bridgehead atoms. The van der Waals surface area contributed by atoms with Crippen molar-refractivity contribution in [2.75, 3.05) is 0 Å². The fourth-order valence-corrected chi connectivity index (χ4v) is 0.483. The standard InChI is InChI=1S/C5H5BN2/c1-4-2-7-3-5(6)8-4/h2-3H,1H3. The highest BCUT2D eigenvalue weighted by Gasteiger charge is 1.83. The third kappa shape index (κ3) is 1.06. The van der Waals surface area contributed by atoms with E-state index in [-0.39, 0.29) is 0 Å². The summed E-state index contributed by atoms with van der Waals surface area (Å²) < 4.78 is 0. The Labute approximate surface area is 49.4 Å². The third-order valence-electron chi connectivity index (χ3n) is 0.774. The summed E-state index contributed by atoms with van der Waals surface area (Å²) in [6, 6.07) is 0. The maximum absolute atomic E-state index is 5.28. The largest absolute Gasteiger partial charge is 0.267 e. The molecule has 0 aliphatic heterocycles. The molecular formula is C5H5BN2. The van der Waals surface area contributed by atoms with Gasteiger partial charge in [-0.2, -0.15) is 0 Å². The first-order valence-electron chi connectivity index (χ1n) is 2.33. The van der Waals surface area contributed by atoms with E-state index in [1.165, 1.54) is 6.20 Å². The van der Waals surface area contributed by atoms with Gasteiger partial charge in [0.05, 0.1) is 5.69 Å². The first kappa shape index (κ1) is 5.28. The van der Waals surface area contributed by atoms with E-state index in [2.05, 4.69) is 9.97 Å². The highest BCUT2D eigenvalue weighted by Crippen LogP contribution is 1.79. The van der Waals surface area contributed by atoms with Gasteiger partial charge in [-0.15, -0.1) is 0 Å². The summed E-state index contributed by atoms with van der Waals surface area (Å²) in [6.45, 7) is 1.85. The van der Waals surface area contributed by atoms with Gasteiger partial charge in [-0.25, -0.2) is 0 Å². The molecule has 0 amide bonds. The minimum atomic E-state index is 0.477. The molecule has 1 rings (SSSR count). The predicted molar refractivity (Wildman–Crippen MR) is 32.2 cm³/mol. The van der Waals surface area contributed by atoms with Gasteiger partial charge in [-0.1, -0.05) is 0 Å². The number of rotatable bonds is 0. The number of hydrogen-bond donors (Lipinski definition) is 0. The molecule has 1 aromatic heterocycles. The van der Waals surface area contributed by atoms with Crippen molar-refractivity contribution in [1.29, 1.82) is 0 Å². The number of nitrogens with zero attached hydrogens (tertiary/aromatic N) is 2. The lowest BCUT2D eigenvalue weighted by molar-refractivity contribution is 1.15. The molecule has 0 unspecified atom stereocenters. The van der Waals surface area contributed by atoms with Crippen LogP contribution in [0.25, 0.3) is 0 Å². The maximum atomic E-state index is 5.28. The van der Waals surface area contributed by atoms with Gasteiger partial charge in [0, 0.05) is 18.0 Å². The van der Waals surface area contributed by atoms with E-state index in [1.807, 2.05) is 6.92 Å². The van der Waals surface area contributed by atoms with Crippen LogP contribution in [0.2, 0.25) is 0 Å². The molecule has 3 heteroatoms. The lowest BCUT2D eigenvalue weighted by atomic mass is 10.1. The van der Waals surface area contributed by atoms with Gasteiger partial charge < -0.3 is 0 Å². The van der Waals surface area contributed by atoms with E-state index in [0.29, 0.717) is 5.59 Å². The molecule has 0 saturated carbocycles. The SMILES string of the molecule is [B]c1cncc(C)n1. The Morgan fingerprint density at radius 3 is 2.62 bits per heavy atom. The second-order valence-corrected chi connectivity index (χ2v) is 1.59. The molecule has 0 N–H and O–H groups in total. The molecule has 8 heavy (non-hydrogen) atoms. The second kappa shape index (κ2) is 1.94. The highest BCUT2D eigenvalue weighted by molar-refractivity contribution is 6.30. The van der Waals surface area contributed by atoms with Crippen molar-refractivity contribution in [3.05, 3.63) is 18.1 Å². The van der Waals surface area contributed by atoms with Crippen molar-refractivity contribution in [3.8, 4) is 0 Å². The topological polar surface area (TPSA) is 25.8 Å². The monoisotopic (exact) mass is 104 g/mol. The Balaban J connectivity index is 3.08. The lowest BCUT2D eigenvalue weighted by Crippen LogP contribution is -2.08. The zero-order chi connectivity index (χ0) is 5.98. The molecule has 38 valence electrons. The van der Waals surface area contributed by atoms with Gasteiger partial charge in [0.15, 0.2) is 0 Å². The summed E-state index contributed by atoms with van der Waals surface area (Å²) >= 11 is 0. The Morgan fingerprint density at radius 1 is 1.50 bits per heavy atom. The third-order valence-corrected chi connectivity index (χ3v) is 0.774. The van der Waals surface area contributed by atoms with Crippen molar-refractivity contribution in [2.45, 2.75) is 6.92 Å². The fraction of sp³-hybridized carbons (Fsp3) is 0.200. The average molecular weight is 104 g/mol. The Morgan fingerprint density at radius 2 is 2.25 bits per heavy atom. The molecule has 0 aliphatic carbocycles. The lowest BCUT2D eigenvalue weighted by Gasteiger charge is -1.89. The van der Waals surface area contributed by atoms with Crippen LogP contribution in [-0.4, -0.2) is 17.8 Å². The molecule has 0 spiro atoms. The second-order valence-electron chi connectivity index (χ2n) is 1.59. The Bertz CT molecular complexity index is 170. The first-order chi connectivity index (χ1) is 3.79. The van der Waals surface area contributed by atoms with Crippen molar-refractivity contribution in [1.82, 2.24) is 9.97 Å². The van der Waals surface area contributed by atoms with Crippen LogP contribution >= 0.6 is 0 Å². The van der Waals surface area contributed by atoms with Gasteiger partial charge >= 0.3 is 0 Å². The zero-order valence-electron chi connectivity index (χ0n) is 4.63. The van der Waals surface area contributed by atoms with E-state index in [0.717, 1.165) is 5.69 Å². The number of aryl methyl sites for hydroxylation is 1. The zero-order valence-corrected chi connectivity index (χ0v) is 4.63. The molecule has 0 aliphatic rings. The summed E-state index contributed by atoms with van der Waals surface area (Å²) in [6.07, 6.45) is 3.18. The normalized spacial score (nSPS) is 9.12. The number of aromatic nitrogens is 2. The van der Waals surface area contributed by atoms with E-state index in [9.17, 15) is 0 Å². The average Bonchev–Trinajstić information content (AvgIpc) is 1.64. The predicted octanol–water partition coefficient (Wildman–Crippen LogP) is -0.421. The van der Waals surface area contributed by atoms with E-state index in [1.54, 1.807) is 6.20 Å². The van der Waals surface area contributed by atoms with Crippen LogP contribution in [-0.2, 0) is 0 Å². The van der Waals surface area contributed by atoms with Crippen LogP contribution in [0.1, 0.15) is 5.69 Å². The summed E-state index contributed by atoms with van der Waals surface area (Å²) in [4.78, 5) is 7.69. The van der Waals surface area contributed by atoms with Crippen molar-refractivity contribution >= 4 is 13.4 Å². The van der Waals surface area contributed by atoms with Crippen LogP contribution in [0.3, 0.4) is 0 Å². The van der Waals surface area contributed by atoms with Crippen LogP contribution in [0.5, 0.6) is 0 Å². The summed E-state index contributed by atoms with van der Waals surface area (Å²) in [5.74, 6) is 0. The highest BCUT2D eigenvalue weighted by atomic mass is 14.8. The van der Waals surface area contributed by atoms with Gasteiger partial charge in [-0.3, -0.25) is 9.97 Å². The van der Waals surface area contributed by atoms with Gasteiger partial charge in [0.1, 0.15) is 7.85 Å².